The van der Waals surface area contributed by atoms with E-state index in [0.29, 0.717) is 22.2 Å². The van der Waals surface area contributed by atoms with Gasteiger partial charge in [0.1, 0.15) is 4.88 Å². The average molecular weight is 353 g/mol. The van der Waals surface area contributed by atoms with Crippen LogP contribution in [0.2, 0.25) is 0 Å². The first-order valence-electron chi connectivity index (χ1n) is 7.02. The van der Waals surface area contributed by atoms with E-state index in [9.17, 15) is 13.2 Å². The highest BCUT2D eigenvalue weighted by Crippen LogP contribution is 2.26. The molecule has 0 aliphatic carbocycles. The fourth-order valence-corrected chi connectivity index (χ4v) is 3.61. The number of carbonyl (C=O) groups excluding carboxylic acids is 1. The van der Waals surface area contributed by atoms with Crippen LogP contribution < -0.4 is 9.62 Å². The minimum atomic E-state index is -3.39. The largest absolute Gasteiger partial charge is 0.351 e. The van der Waals surface area contributed by atoms with Crippen molar-refractivity contribution >= 4 is 32.4 Å². The maximum atomic E-state index is 12.2. The molecule has 8 heteroatoms. The highest BCUT2D eigenvalue weighted by atomic mass is 32.2. The molecule has 0 radical (unpaired) electrons. The van der Waals surface area contributed by atoms with Gasteiger partial charge in [0.15, 0.2) is 5.13 Å². The van der Waals surface area contributed by atoms with Gasteiger partial charge in [-0.15, -0.1) is 0 Å². The van der Waals surface area contributed by atoms with Crippen LogP contribution in [0.3, 0.4) is 0 Å². The summed E-state index contributed by atoms with van der Waals surface area (Å²) in [5.74, 6) is -0.232. The maximum Gasteiger partial charge on any atom is 0.263 e. The standard InChI is InChI=1S/C15H19N3O3S2/c1-11-13(22-15(17-11)18(2)23(3,20)21)14(19)16-10-9-12-7-5-4-6-8-12/h4-8H,9-10H2,1-3H3,(H,16,19). The summed E-state index contributed by atoms with van der Waals surface area (Å²) < 4.78 is 24.2. The minimum Gasteiger partial charge on any atom is -0.351 e. The Labute approximate surface area is 140 Å². The number of benzene rings is 1. The van der Waals surface area contributed by atoms with Gasteiger partial charge < -0.3 is 5.32 Å². The van der Waals surface area contributed by atoms with Crippen molar-refractivity contribution in [2.24, 2.45) is 0 Å². The number of aryl methyl sites for hydroxylation is 1. The second kappa shape index (κ2) is 7.10. The van der Waals surface area contributed by atoms with Gasteiger partial charge in [-0.2, -0.15) is 0 Å². The molecule has 0 aliphatic heterocycles. The summed E-state index contributed by atoms with van der Waals surface area (Å²) in [5.41, 5.74) is 1.67. The van der Waals surface area contributed by atoms with Crippen LogP contribution in [0.1, 0.15) is 20.9 Å². The Kier molecular flexibility index (Phi) is 5.38. The minimum absolute atomic E-state index is 0.232. The highest BCUT2D eigenvalue weighted by Gasteiger charge is 2.21. The Morgan fingerprint density at radius 1 is 1.30 bits per heavy atom. The smallest absolute Gasteiger partial charge is 0.263 e. The van der Waals surface area contributed by atoms with Gasteiger partial charge in [0, 0.05) is 13.6 Å². The SMILES string of the molecule is Cc1nc(N(C)S(C)(=O)=O)sc1C(=O)NCCc1ccccc1. The average Bonchev–Trinajstić information content (AvgIpc) is 2.88. The monoisotopic (exact) mass is 353 g/mol. The van der Waals surface area contributed by atoms with Gasteiger partial charge >= 0.3 is 0 Å². The molecule has 1 N–H and O–H groups in total. The molecule has 124 valence electrons. The van der Waals surface area contributed by atoms with E-state index in [2.05, 4.69) is 10.3 Å². The number of aromatic nitrogens is 1. The molecule has 0 fully saturated rings. The molecule has 6 nitrogen and oxygen atoms in total. The number of hydrogen-bond acceptors (Lipinski definition) is 5. The summed E-state index contributed by atoms with van der Waals surface area (Å²) >= 11 is 1.07. The summed E-state index contributed by atoms with van der Waals surface area (Å²) in [5, 5.41) is 3.13. The molecule has 0 bridgehead atoms. The van der Waals surface area contributed by atoms with Gasteiger partial charge in [-0.1, -0.05) is 41.7 Å². The fraction of sp³-hybridized carbons (Fsp3) is 0.333. The van der Waals surface area contributed by atoms with E-state index in [0.717, 1.165) is 33.9 Å². The molecule has 0 spiro atoms. The van der Waals surface area contributed by atoms with E-state index in [4.69, 9.17) is 0 Å². The van der Waals surface area contributed by atoms with Crippen molar-refractivity contribution in [1.82, 2.24) is 10.3 Å². The van der Waals surface area contributed by atoms with Crippen molar-refractivity contribution in [2.75, 3.05) is 24.2 Å². The van der Waals surface area contributed by atoms with E-state index >= 15 is 0 Å². The molecule has 2 aromatic rings. The Balaban J connectivity index is 2.01. The number of rotatable bonds is 6. The van der Waals surface area contributed by atoms with Crippen molar-refractivity contribution < 1.29 is 13.2 Å². The fourth-order valence-electron chi connectivity index (χ4n) is 1.91. The molecule has 1 amide bonds. The number of nitrogens with zero attached hydrogens (tertiary/aromatic N) is 2. The summed E-state index contributed by atoms with van der Waals surface area (Å²) in [4.78, 5) is 16.8. The molecule has 0 saturated carbocycles. The van der Waals surface area contributed by atoms with Crippen molar-refractivity contribution in [3.8, 4) is 0 Å². The quantitative estimate of drug-likeness (QED) is 0.859. The summed E-state index contributed by atoms with van der Waals surface area (Å²) in [6.45, 7) is 2.21. The van der Waals surface area contributed by atoms with Crippen LogP contribution in [0.15, 0.2) is 30.3 Å². The van der Waals surface area contributed by atoms with Gasteiger partial charge in [-0.3, -0.25) is 4.79 Å². The van der Waals surface area contributed by atoms with Crippen LogP contribution in [-0.4, -0.2) is 39.2 Å². The van der Waals surface area contributed by atoms with Crippen molar-refractivity contribution in [3.05, 3.63) is 46.5 Å². The molecular weight excluding hydrogens is 334 g/mol. The Hall–Kier alpha value is -1.93. The van der Waals surface area contributed by atoms with Crippen molar-refractivity contribution in [1.29, 1.82) is 0 Å². The summed E-state index contributed by atoms with van der Waals surface area (Å²) in [6.07, 6.45) is 1.84. The number of nitrogens with one attached hydrogen (secondary N) is 1. The third-order valence-corrected chi connectivity index (χ3v) is 5.82. The first kappa shape index (κ1) is 17.4. The Bertz CT molecular complexity index is 786. The van der Waals surface area contributed by atoms with Gasteiger partial charge in [0.05, 0.1) is 11.9 Å². The Morgan fingerprint density at radius 2 is 1.96 bits per heavy atom. The lowest BCUT2D eigenvalue weighted by atomic mass is 10.1. The molecule has 0 aliphatic rings. The normalized spacial score (nSPS) is 11.3. The number of hydrogen-bond donors (Lipinski definition) is 1. The lowest BCUT2D eigenvalue weighted by Crippen LogP contribution is -2.25. The third-order valence-electron chi connectivity index (χ3n) is 3.30. The van der Waals surface area contributed by atoms with Crippen molar-refractivity contribution in [3.63, 3.8) is 0 Å². The van der Waals surface area contributed by atoms with Crippen LogP contribution in [-0.2, 0) is 16.4 Å². The number of amides is 1. The molecule has 1 aromatic heterocycles. The highest BCUT2D eigenvalue weighted by molar-refractivity contribution is 7.92. The van der Waals surface area contributed by atoms with Crippen LogP contribution in [0, 0.1) is 6.92 Å². The molecular formula is C15H19N3O3S2. The zero-order chi connectivity index (χ0) is 17.0. The molecule has 0 atom stereocenters. The third kappa shape index (κ3) is 4.52. The summed E-state index contributed by atoms with van der Waals surface area (Å²) in [7, 11) is -1.97. The van der Waals surface area contributed by atoms with E-state index in [1.807, 2.05) is 30.3 Å². The maximum absolute atomic E-state index is 12.2. The second-order valence-electron chi connectivity index (χ2n) is 5.13. The van der Waals surface area contributed by atoms with Gasteiger partial charge in [0.25, 0.3) is 5.91 Å². The Morgan fingerprint density at radius 3 is 2.57 bits per heavy atom. The van der Waals surface area contributed by atoms with E-state index in [1.54, 1.807) is 6.92 Å². The second-order valence-corrected chi connectivity index (χ2v) is 8.12. The van der Waals surface area contributed by atoms with Gasteiger partial charge in [-0.25, -0.2) is 17.7 Å². The predicted octanol–water partition coefficient (Wildman–Crippen LogP) is 1.82. The molecule has 1 aromatic carbocycles. The molecule has 2 rings (SSSR count). The van der Waals surface area contributed by atoms with Crippen LogP contribution in [0.5, 0.6) is 0 Å². The predicted molar refractivity (Wildman–Crippen MR) is 92.6 cm³/mol. The molecule has 23 heavy (non-hydrogen) atoms. The number of thiazole rings is 1. The molecule has 1 heterocycles. The van der Waals surface area contributed by atoms with Crippen molar-refractivity contribution in [2.45, 2.75) is 13.3 Å². The zero-order valence-electron chi connectivity index (χ0n) is 13.2. The first-order chi connectivity index (χ1) is 10.8. The number of carbonyl (C=O) groups is 1. The van der Waals surface area contributed by atoms with Crippen LogP contribution >= 0.6 is 11.3 Å². The van der Waals surface area contributed by atoms with E-state index in [-0.39, 0.29) is 5.91 Å². The lowest BCUT2D eigenvalue weighted by molar-refractivity contribution is 0.0957. The van der Waals surface area contributed by atoms with E-state index in [1.165, 1.54) is 7.05 Å². The van der Waals surface area contributed by atoms with E-state index < -0.39 is 10.0 Å². The zero-order valence-corrected chi connectivity index (χ0v) is 14.9. The van der Waals surface area contributed by atoms with Crippen LogP contribution in [0.25, 0.3) is 0 Å². The number of anilines is 1. The summed E-state index contributed by atoms with van der Waals surface area (Å²) in [6, 6.07) is 9.87. The van der Waals surface area contributed by atoms with Gasteiger partial charge in [-0.05, 0) is 18.9 Å². The topological polar surface area (TPSA) is 79.4 Å². The molecule has 0 unspecified atom stereocenters. The lowest BCUT2D eigenvalue weighted by Gasteiger charge is -2.11. The first-order valence-corrected chi connectivity index (χ1v) is 9.69. The van der Waals surface area contributed by atoms with Gasteiger partial charge in [0.2, 0.25) is 10.0 Å². The van der Waals surface area contributed by atoms with Crippen LogP contribution in [0.4, 0.5) is 5.13 Å². The molecule has 0 saturated heterocycles. The number of sulfonamides is 1.